The average molecular weight is 413 g/mol. The van der Waals surface area contributed by atoms with E-state index < -0.39 is 0 Å². The van der Waals surface area contributed by atoms with Gasteiger partial charge in [0.2, 0.25) is 10.7 Å². The summed E-state index contributed by atoms with van der Waals surface area (Å²) in [6.07, 6.45) is 1.72. The van der Waals surface area contributed by atoms with Gasteiger partial charge in [-0.2, -0.15) is 5.10 Å². The second-order valence-corrected chi connectivity index (χ2v) is 7.51. The molecule has 0 bridgehead atoms. The maximum atomic E-state index is 11.9. The second kappa shape index (κ2) is 9.15. The Morgan fingerprint density at radius 3 is 2.13 bits per heavy atom. The predicted octanol–water partition coefficient (Wildman–Crippen LogP) is 5.10. The Hall–Kier alpha value is -3.77. The Labute approximate surface area is 178 Å². The molecule has 0 aliphatic carbocycles. The number of carbonyl (C=O) groups is 1. The Morgan fingerprint density at radius 1 is 0.900 bits per heavy atom. The first-order chi connectivity index (χ1) is 14.7. The third-order valence-electron chi connectivity index (χ3n) is 4.32. The minimum atomic E-state index is -0.132. The minimum Gasteiger partial charge on any atom is -0.316 e. The molecule has 0 atom stereocenters. The topological polar surface area (TPSA) is 58.8 Å². The average Bonchev–Trinajstić information content (AvgIpc) is 3.13. The van der Waals surface area contributed by atoms with E-state index in [1.807, 2.05) is 95.6 Å². The van der Waals surface area contributed by atoms with Crippen molar-refractivity contribution in [2.45, 2.75) is 6.92 Å². The highest BCUT2D eigenvalue weighted by Gasteiger charge is 2.18. The number of hydrogen-bond donors (Lipinski definition) is 1. The molecule has 0 aliphatic rings. The van der Waals surface area contributed by atoms with Crippen LogP contribution in [0.1, 0.15) is 12.5 Å². The van der Waals surface area contributed by atoms with Crippen molar-refractivity contribution < 1.29 is 4.79 Å². The van der Waals surface area contributed by atoms with E-state index in [0.29, 0.717) is 4.80 Å². The highest BCUT2D eigenvalue weighted by atomic mass is 32.1. The van der Waals surface area contributed by atoms with Gasteiger partial charge in [0.25, 0.3) is 0 Å². The number of nitrogens with zero attached hydrogens (tertiary/aromatic N) is 3. The first kappa shape index (κ1) is 19.5. The zero-order valence-electron chi connectivity index (χ0n) is 16.4. The summed E-state index contributed by atoms with van der Waals surface area (Å²) in [5.41, 5.74) is 3.76. The molecular formula is C24H20N4OS. The van der Waals surface area contributed by atoms with Crippen molar-refractivity contribution >= 4 is 28.5 Å². The molecular weight excluding hydrogens is 392 g/mol. The van der Waals surface area contributed by atoms with Gasteiger partial charge in [-0.3, -0.25) is 9.36 Å². The molecule has 0 fully saturated rings. The highest BCUT2D eigenvalue weighted by Crippen LogP contribution is 2.32. The molecule has 0 aliphatic heterocycles. The van der Waals surface area contributed by atoms with E-state index in [4.69, 9.17) is 0 Å². The fourth-order valence-corrected chi connectivity index (χ4v) is 4.11. The van der Waals surface area contributed by atoms with Crippen LogP contribution in [-0.4, -0.2) is 16.7 Å². The lowest BCUT2D eigenvalue weighted by molar-refractivity contribution is -0.114. The summed E-state index contributed by atoms with van der Waals surface area (Å²) in [5.74, 6) is -0.132. The molecule has 0 unspecified atom stereocenters. The van der Waals surface area contributed by atoms with Gasteiger partial charge in [-0.15, -0.1) is 5.10 Å². The third-order valence-corrected chi connectivity index (χ3v) is 5.27. The molecule has 1 aromatic heterocycles. The van der Waals surface area contributed by atoms with Crippen LogP contribution in [0.4, 0.5) is 5.00 Å². The number of anilines is 1. The van der Waals surface area contributed by atoms with Crippen molar-refractivity contribution in [3.8, 4) is 16.9 Å². The van der Waals surface area contributed by atoms with Gasteiger partial charge in [0, 0.05) is 18.2 Å². The van der Waals surface area contributed by atoms with Crippen LogP contribution in [0.3, 0.4) is 0 Å². The van der Waals surface area contributed by atoms with Crippen LogP contribution in [0.5, 0.6) is 0 Å². The van der Waals surface area contributed by atoms with Gasteiger partial charge >= 0.3 is 0 Å². The minimum absolute atomic E-state index is 0.132. The molecule has 148 valence electrons. The number of rotatable bonds is 5. The largest absolute Gasteiger partial charge is 0.316 e. The molecule has 3 aromatic carbocycles. The number of hydrogen-bond acceptors (Lipinski definition) is 4. The van der Waals surface area contributed by atoms with E-state index >= 15 is 0 Å². The highest BCUT2D eigenvalue weighted by molar-refractivity contribution is 7.14. The summed E-state index contributed by atoms with van der Waals surface area (Å²) in [6.45, 7) is 1.51. The van der Waals surface area contributed by atoms with Crippen molar-refractivity contribution in [1.82, 2.24) is 4.57 Å². The lowest BCUT2D eigenvalue weighted by Gasteiger charge is -2.11. The summed E-state index contributed by atoms with van der Waals surface area (Å²) < 4.78 is 2.02. The molecule has 6 heteroatoms. The fourth-order valence-electron chi connectivity index (χ4n) is 3.05. The third kappa shape index (κ3) is 4.45. The van der Waals surface area contributed by atoms with Crippen LogP contribution in [0.25, 0.3) is 16.9 Å². The van der Waals surface area contributed by atoms with Gasteiger partial charge < -0.3 is 5.32 Å². The Kier molecular flexibility index (Phi) is 5.96. The molecule has 4 aromatic rings. The molecule has 1 N–H and O–H groups in total. The van der Waals surface area contributed by atoms with Crippen LogP contribution in [0.15, 0.2) is 101 Å². The quantitative estimate of drug-likeness (QED) is 0.360. The van der Waals surface area contributed by atoms with E-state index in [9.17, 15) is 4.79 Å². The van der Waals surface area contributed by atoms with E-state index in [0.717, 1.165) is 27.5 Å². The predicted molar refractivity (Wildman–Crippen MR) is 123 cm³/mol. The number of benzene rings is 3. The number of aromatic nitrogens is 1. The van der Waals surface area contributed by atoms with Crippen LogP contribution in [0.2, 0.25) is 0 Å². The lowest BCUT2D eigenvalue weighted by atomic mass is 10.1. The van der Waals surface area contributed by atoms with Gasteiger partial charge in [-0.1, -0.05) is 90.2 Å². The number of para-hydroxylation sites is 1. The number of nitrogens with one attached hydrogen (secondary N) is 1. The molecule has 0 saturated heterocycles. The molecule has 0 spiro atoms. The molecule has 30 heavy (non-hydrogen) atoms. The van der Waals surface area contributed by atoms with Crippen LogP contribution >= 0.6 is 11.3 Å². The van der Waals surface area contributed by atoms with Crippen molar-refractivity contribution in [2.24, 2.45) is 10.2 Å². The Bertz CT molecular complexity index is 1230. The van der Waals surface area contributed by atoms with E-state index in [2.05, 4.69) is 15.5 Å². The lowest BCUT2D eigenvalue weighted by Crippen LogP contribution is -2.13. The van der Waals surface area contributed by atoms with Crippen LogP contribution < -0.4 is 10.1 Å². The van der Waals surface area contributed by atoms with Gasteiger partial charge in [0.1, 0.15) is 5.00 Å². The van der Waals surface area contributed by atoms with Crippen molar-refractivity contribution in [2.75, 3.05) is 5.32 Å². The van der Waals surface area contributed by atoms with Gasteiger partial charge in [0.15, 0.2) is 0 Å². The molecule has 4 rings (SSSR count). The summed E-state index contributed by atoms with van der Waals surface area (Å²) in [7, 11) is 0. The summed E-state index contributed by atoms with van der Waals surface area (Å²) in [4.78, 5) is 12.5. The van der Waals surface area contributed by atoms with Gasteiger partial charge in [-0.05, 0) is 17.7 Å². The summed E-state index contributed by atoms with van der Waals surface area (Å²) in [5, 5.41) is 12.5. The smallest absolute Gasteiger partial charge is 0.221 e. The Morgan fingerprint density at radius 2 is 1.50 bits per heavy atom. The van der Waals surface area contributed by atoms with Gasteiger partial charge in [0.05, 0.1) is 11.9 Å². The van der Waals surface area contributed by atoms with Crippen molar-refractivity contribution in [1.29, 1.82) is 0 Å². The summed E-state index contributed by atoms with van der Waals surface area (Å²) >= 11 is 1.39. The van der Waals surface area contributed by atoms with Crippen molar-refractivity contribution in [3.63, 3.8) is 0 Å². The summed E-state index contributed by atoms with van der Waals surface area (Å²) in [6, 6.07) is 29.7. The SMILES string of the molecule is CC(=O)Nc1sc(=NN=Cc2ccccc2)n(-c2ccccc2)c1-c1ccccc1. The van der Waals surface area contributed by atoms with E-state index in [1.54, 1.807) is 6.21 Å². The Balaban J connectivity index is 1.93. The van der Waals surface area contributed by atoms with Crippen molar-refractivity contribution in [3.05, 3.63) is 101 Å². The zero-order chi connectivity index (χ0) is 20.8. The van der Waals surface area contributed by atoms with Gasteiger partial charge in [-0.25, -0.2) is 0 Å². The first-order valence-corrected chi connectivity index (χ1v) is 10.3. The van der Waals surface area contributed by atoms with Crippen LogP contribution in [0, 0.1) is 0 Å². The first-order valence-electron chi connectivity index (χ1n) is 9.49. The standard InChI is InChI=1S/C24H20N4OS/c1-18(29)26-23-22(20-13-7-3-8-14-20)28(21-15-9-4-10-16-21)24(30-23)27-25-17-19-11-5-2-6-12-19/h2-17H,1H3,(H,26,29). The molecule has 1 amide bonds. The second-order valence-electron chi connectivity index (χ2n) is 6.54. The van der Waals surface area contributed by atoms with E-state index in [-0.39, 0.29) is 5.91 Å². The maximum absolute atomic E-state index is 11.9. The number of thiazole rings is 1. The van der Waals surface area contributed by atoms with E-state index in [1.165, 1.54) is 18.3 Å². The maximum Gasteiger partial charge on any atom is 0.221 e. The molecule has 0 radical (unpaired) electrons. The molecule has 0 saturated carbocycles. The molecule has 1 heterocycles. The molecule has 5 nitrogen and oxygen atoms in total. The monoisotopic (exact) mass is 412 g/mol. The van der Waals surface area contributed by atoms with Crippen LogP contribution in [-0.2, 0) is 4.79 Å². The normalized spacial score (nSPS) is 11.7. The number of carbonyl (C=O) groups excluding carboxylic acids is 1. The zero-order valence-corrected chi connectivity index (χ0v) is 17.2. The number of amides is 1. The fraction of sp³-hybridized carbons (Fsp3) is 0.0417.